The monoisotopic (exact) mass is 420 g/mol. The second-order valence-electron chi connectivity index (χ2n) is 8.54. The first-order chi connectivity index (χ1) is 16.4. The minimum atomic E-state index is 0.921. The van der Waals surface area contributed by atoms with Crippen LogP contribution in [0.25, 0.3) is 44.0 Å². The Morgan fingerprint density at radius 1 is 0.576 bits per heavy atom. The molecule has 1 aliphatic heterocycles. The summed E-state index contributed by atoms with van der Waals surface area (Å²) >= 11 is 0. The van der Waals surface area contributed by atoms with E-state index in [1.54, 1.807) is 6.26 Å². The fourth-order valence-corrected chi connectivity index (χ4v) is 5.29. The standard InChI is InChI=1S/C32H20O/c1-3-8-21(9-4-1)30(22-10-5-2-6-11-22)27-17-14-23-13-16-26-25-12-7-19-33-29(25)20-24-15-18-28(27)31(23)32(24)26/h1-20H. The topological polar surface area (TPSA) is 9.23 Å². The number of hydrogen-bond donors (Lipinski definition) is 0. The Balaban J connectivity index is 1.71. The van der Waals surface area contributed by atoms with Gasteiger partial charge >= 0.3 is 0 Å². The van der Waals surface area contributed by atoms with E-state index in [0.29, 0.717) is 0 Å². The maximum absolute atomic E-state index is 5.83. The van der Waals surface area contributed by atoms with E-state index in [0.717, 1.165) is 11.0 Å². The van der Waals surface area contributed by atoms with Crippen molar-refractivity contribution < 1.29 is 4.74 Å². The van der Waals surface area contributed by atoms with E-state index in [2.05, 4.69) is 109 Å². The average molecular weight is 421 g/mol. The first-order valence-electron chi connectivity index (χ1n) is 11.3. The Morgan fingerprint density at radius 2 is 1.21 bits per heavy atom. The van der Waals surface area contributed by atoms with E-state index >= 15 is 0 Å². The molecule has 0 N–H and O–H groups in total. The molecule has 6 aromatic rings. The predicted molar refractivity (Wildman–Crippen MR) is 138 cm³/mol. The molecule has 0 fully saturated rings. The number of hydrogen-bond acceptors (Lipinski definition) is 1. The highest BCUT2D eigenvalue weighted by atomic mass is 16.5. The Labute approximate surface area is 191 Å². The molecule has 0 aliphatic carbocycles. The van der Waals surface area contributed by atoms with Crippen LogP contribution >= 0.6 is 0 Å². The highest BCUT2D eigenvalue weighted by Gasteiger charge is 2.15. The molecule has 33 heavy (non-hydrogen) atoms. The van der Waals surface area contributed by atoms with Crippen LogP contribution in [0.5, 0.6) is 5.75 Å². The van der Waals surface area contributed by atoms with Gasteiger partial charge in [0.25, 0.3) is 0 Å². The second-order valence-corrected chi connectivity index (χ2v) is 8.54. The van der Waals surface area contributed by atoms with Crippen LogP contribution in [0.3, 0.4) is 0 Å². The fourth-order valence-electron chi connectivity index (χ4n) is 5.29. The summed E-state index contributed by atoms with van der Waals surface area (Å²) in [5.41, 5.74) is 3.71. The summed E-state index contributed by atoms with van der Waals surface area (Å²) < 4.78 is 5.83. The van der Waals surface area contributed by atoms with Crippen molar-refractivity contribution >= 4 is 44.0 Å². The molecule has 0 unspecified atom stereocenters. The number of fused-ring (bicyclic) bond motifs is 2. The van der Waals surface area contributed by atoms with Crippen molar-refractivity contribution in [3.63, 3.8) is 0 Å². The largest absolute Gasteiger partial charge is 0.464 e. The molecule has 0 amide bonds. The van der Waals surface area contributed by atoms with Crippen LogP contribution in [0, 0.1) is 0 Å². The fraction of sp³-hybridized carbons (Fsp3) is 0. The molecule has 1 nitrogen and oxygen atoms in total. The molecule has 0 atom stereocenters. The van der Waals surface area contributed by atoms with Gasteiger partial charge in [0.2, 0.25) is 0 Å². The summed E-state index contributed by atoms with van der Waals surface area (Å²) in [5, 5.41) is 10.0. The molecular weight excluding hydrogens is 400 g/mol. The summed E-state index contributed by atoms with van der Waals surface area (Å²) in [6.45, 7) is 0. The van der Waals surface area contributed by atoms with Crippen LogP contribution in [0.4, 0.5) is 0 Å². The molecular formula is C32H20O. The Hall–Kier alpha value is -4.36. The summed E-state index contributed by atoms with van der Waals surface area (Å²) in [5.74, 6) is 0.921. The summed E-state index contributed by atoms with van der Waals surface area (Å²) in [6, 6.07) is 37.1. The van der Waals surface area contributed by atoms with Crippen molar-refractivity contribution in [2.45, 2.75) is 0 Å². The van der Waals surface area contributed by atoms with Gasteiger partial charge in [-0.15, -0.1) is 0 Å². The van der Waals surface area contributed by atoms with E-state index in [9.17, 15) is 0 Å². The molecule has 0 bridgehead atoms. The third-order valence-corrected chi connectivity index (χ3v) is 6.72. The minimum absolute atomic E-state index is 0.921. The third-order valence-electron chi connectivity index (χ3n) is 6.72. The van der Waals surface area contributed by atoms with Gasteiger partial charge in [-0.1, -0.05) is 97.1 Å². The van der Waals surface area contributed by atoms with E-state index < -0.39 is 0 Å². The van der Waals surface area contributed by atoms with Gasteiger partial charge in [0.05, 0.1) is 6.26 Å². The lowest BCUT2D eigenvalue weighted by atomic mass is 9.88. The molecule has 1 heteroatoms. The van der Waals surface area contributed by atoms with Gasteiger partial charge < -0.3 is 4.74 Å². The summed E-state index contributed by atoms with van der Waals surface area (Å²) in [4.78, 5) is 0. The van der Waals surface area contributed by atoms with Crippen molar-refractivity contribution in [1.29, 1.82) is 0 Å². The van der Waals surface area contributed by atoms with Crippen LogP contribution in [0.15, 0.2) is 115 Å². The van der Waals surface area contributed by atoms with Crippen molar-refractivity contribution in [3.8, 4) is 5.75 Å². The first-order valence-corrected chi connectivity index (χ1v) is 11.3. The van der Waals surface area contributed by atoms with Crippen molar-refractivity contribution in [2.24, 2.45) is 0 Å². The van der Waals surface area contributed by atoms with E-state index in [-0.39, 0.29) is 0 Å². The zero-order valence-corrected chi connectivity index (χ0v) is 18.0. The molecule has 0 saturated heterocycles. The molecule has 7 rings (SSSR count). The summed E-state index contributed by atoms with van der Waals surface area (Å²) in [6.07, 6.45) is 5.87. The zero-order valence-electron chi connectivity index (χ0n) is 18.0. The maximum Gasteiger partial charge on any atom is 0.134 e. The van der Waals surface area contributed by atoms with Gasteiger partial charge in [0.1, 0.15) is 5.75 Å². The smallest absolute Gasteiger partial charge is 0.134 e. The molecule has 0 saturated carbocycles. The quantitative estimate of drug-likeness (QED) is 0.290. The van der Waals surface area contributed by atoms with E-state index in [1.165, 1.54) is 54.2 Å². The van der Waals surface area contributed by atoms with Crippen LogP contribution in [-0.2, 0) is 0 Å². The predicted octanol–water partition coefficient (Wildman–Crippen LogP) is 6.52. The third kappa shape index (κ3) is 2.73. The number of ether oxygens (including phenoxy) is 1. The first kappa shape index (κ1) is 18.2. The van der Waals surface area contributed by atoms with Gasteiger partial charge in [0.15, 0.2) is 0 Å². The SMILES string of the molecule is C1=COc2cc3ccc4c(=C(c5ccccc5)c5ccccc5)ccc5ccc(c2=C1)c3c54. The van der Waals surface area contributed by atoms with Crippen molar-refractivity contribution in [3.05, 3.63) is 137 Å². The molecule has 0 spiro atoms. The lowest BCUT2D eigenvalue weighted by Gasteiger charge is -2.16. The molecule has 6 aromatic carbocycles. The van der Waals surface area contributed by atoms with Crippen molar-refractivity contribution in [2.75, 3.05) is 0 Å². The van der Waals surface area contributed by atoms with Crippen LogP contribution in [-0.4, -0.2) is 0 Å². The average Bonchev–Trinajstić information content (AvgIpc) is 2.89. The second kappa shape index (κ2) is 7.08. The Bertz CT molecular complexity index is 1770. The minimum Gasteiger partial charge on any atom is -0.464 e. The molecule has 0 radical (unpaired) electrons. The highest BCUT2D eigenvalue weighted by Crippen LogP contribution is 2.34. The number of allylic oxidation sites excluding steroid dienone is 1. The zero-order chi connectivity index (χ0) is 21.8. The lowest BCUT2D eigenvalue weighted by molar-refractivity contribution is 0.476. The van der Waals surface area contributed by atoms with Gasteiger partial charge in [-0.05, 0) is 72.5 Å². The molecule has 154 valence electrons. The number of rotatable bonds is 2. The molecule has 1 aliphatic rings. The Kier molecular flexibility index (Phi) is 3.91. The van der Waals surface area contributed by atoms with Crippen molar-refractivity contribution in [1.82, 2.24) is 0 Å². The van der Waals surface area contributed by atoms with Gasteiger partial charge in [-0.3, -0.25) is 0 Å². The Morgan fingerprint density at radius 3 is 1.97 bits per heavy atom. The lowest BCUT2D eigenvalue weighted by Crippen LogP contribution is -2.12. The van der Waals surface area contributed by atoms with Gasteiger partial charge in [-0.25, -0.2) is 0 Å². The van der Waals surface area contributed by atoms with Gasteiger partial charge in [0, 0.05) is 5.22 Å². The van der Waals surface area contributed by atoms with E-state index in [4.69, 9.17) is 4.74 Å². The maximum atomic E-state index is 5.83. The number of benzene rings is 6. The van der Waals surface area contributed by atoms with Gasteiger partial charge in [-0.2, -0.15) is 0 Å². The van der Waals surface area contributed by atoms with Crippen LogP contribution < -0.4 is 15.2 Å². The molecule has 1 heterocycles. The van der Waals surface area contributed by atoms with E-state index in [1.807, 2.05) is 6.08 Å². The van der Waals surface area contributed by atoms with Crippen LogP contribution in [0.1, 0.15) is 11.1 Å². The van der Waals surface area contributed by atoms with Crippen LogP contribution in [0.2, 0.25) is 0 Å². The summed E-state index contributed by atoms with van der Waals surface area (Å²) in [7, 11) is 0. The molecule has 0 aromatic heterocycles. The normalized spacial score (nSPS) is 12.6. The highest BCUT2D eigenvalue weighted by molar-refractivity contribution is 6.24.